The van der Waals surface area contributed by atoms with Crippen molar-refractivity contribution in [1.82, 2.24) is 9.88 Å². The maximum atomic E-state index is 12.4. The molecule has 0 unspecified atom stereocenters. The van der Waals surface area contributed by atoms with E-state index in [0.29, 0.717) is 13.1 Å². The average Bonchev–Trinajstić information content (AvgIpc) is 2.67. The highest BCUT2D eigenvalue weighted by Gasteiger charge is 2.23. The van der Waals surface area contributed by atoms with E-state index in [0.717, 1.165) is 24.3 Å². The van der Waals surface area contributed by atoms with Gasteiger partial charge in [0.15, 0.2) is 9.84 Å². The predicted octanol–water partition coefficient (Wildman–Crippen LogP) is 1.90. The topological polar surface area (TPSA) is 70.6 Å². The monoisotopic (exact) mass is 373 g/mol. The van der Waals surface area contributed by atoms with Crippen molar-refractivity contribution in [3.63, 3.8) is 0 Å². The largest absolute Gasteiger partial charge is 0.368 e. The third kappa shape index (κ3) is 4.40. The first-order chi connectivity index (χ1) is 12.5. The molecule has 7 heteroatoms. The van der Waals surface area contributed by atoms with Crippen LogP contribution in [-0.4, -0.2) is 56.1 Å². The Balaban J connectivity index is 1.52. The van der Waals surface area contributed by atoms with Crippen LogP contribution < -0.4 is 4.90 Å². The van der Waals surface area contributed by atoms with Crippen LogP contribution in [0.5, 0.6) is 0 Å². The van der Waals surface area contributed by atoms with Gasteiger partial charge >= 0.3 is 0 Å². The van der Waals surface area contributed by atoms with Gasteiger partial charge in [-0.05, 0) is 31.2 Å². The molecule has 0 aliphatic carbocycles. The fraction of sp³-hybridized carbons (Fsp3) is 0.368. The Morgan fingerprint density at radius 2 is 1.62 bits per heavy atom. The summed E-state index contributed by atoms with van der Waals surface area (Å²) in [6, 6.07) is 10.6. The number of anilines is 1. The summed E-state index contributed by atoms with van der Waals surface area (Å²) in [5.41, 5.74) is 2.10. The number of aromatic nitrogens is 1. The third-order valence-electron chi connectivity index (χ3n) is 4.63. The number of rotatable bonds is 5. The zero-order valence-corrected chi connectivity index (χ0v) is 15.7. The van der Waals surface area contributed by atoms with Crippen LogP contribution >= 0.6 is 0 Å². The summed E-state index contributed by atoms with van der Waals surface area (Å²) >= 11 is 0. The summed E-state index contributed by atoms with van der Waals surface area (Å²) in [6.45, 7) is 4.59. The van der Waals surface area contributed by atoms with Crippen LogP contribution in [0.2, 0.25) is 0 Å². The van der Waals surface area contributed by atoms with Crippen LogP contribution in [0.25, 0.3) is 0 Å². The zero-order valence-electron chi connectivity index (χ0n) is 14.8. The highest BCUT2D eigenvalue weighted by molar-refractivity contribution is 7.91. The summed E-state index contributed by atoms with van der Waals surface area (Å²) in [5.74, 6) is -0.255. The Labute approximate surface area is 154 Å². The van der Waals surface area contributed by atoms with E-state index in [1.54, 1.807) is 41.6 Å². The SMILES string of the molecule is Cc1ccc(S(=O)(=O)CCC(=O)N2CCN(c3ccncc3)CC2)cc1. The molecule has 1 aliphatic heterocycles. The minimum absolute atomic E-state index is 0.0193. The van der Waals surface area contributed by atoms with Gasteiger partial charge < -0.3 is 9.80 Å². The number of piperazine rings is 1. The molecule has 3 rings (SSSR count). The zero-order chi connectivity index (χ0) is 18.6. The molecule has 1 aliphatic rings. The van der Waals surface area contributed by atoms with Crippen LogP contribution in [0.4, 0.5) is 5.69 Å². The Morgan fingerprint density at radius 3 is 2.23 bits per heavy atom. The van der Waals surface area contributed by atoms with Gasteiger partial charge in [-0.25, -0.2) is 8.42 Å². The van der Waals surface area contributed by atoms with Gasteiger partial charge in [0.2, 0.25) is 5.91 Å². The summed E-state index contributed by atoms with van der Waals surface area (Å²) < 4.78 is 24.8. The number of aryl methyl sites for hydroxylation is 1. The molecule has 0 N–H and O–H groups in total. The fourth-order valence-corrected chi connectivity index (χ4v) is 4.24. The first kappa shape index (κ1) is 18.4. The van der Waals surface area contributed by atoms with E-state index in [2.05, 4.69) is 9.88 Å². The molecule has 138 valence electrons. The van der Waals surface area contributed by atoms with Crippen LogP contribution in [0.15, 0.2) is 53.7 Å². The average molecular weight is 373 g/mol. The molecule has 0 saturated carbocycles. The smallest absolute Gasteiger partial charge is 0.223 e. The van der Waals surface area contributed by atoms with Gasteiger partial charge in [0, 0.05) is 50.7 Å². The van der Waals surface area contributed by atoms with Crippen molar-refractivity contribution in [3.8, 4) is 0 Å². The number of sulfone groups is 1. The first-order valence-electron chi connectivity index (χ1n) is 8.68. The molecular weight excluding hydrogens is 350 g/mol. The van der Waals surface area contributed by atoms with E-state index in [1.165, 1.54) is 0 Å². The van der Waals surface area contributed by atoms with Crippen LogP contribution in [-0.2, 0) is 14.6 Å². The third-order valence-corrected chi connectivity index (χ3v) is 6.36. The minimum atomic E-state index is -3.43. The van der Waals surface area contributed by atoms with Gasteiger partial charge in [-0.3, -0.25) is 9.78 Å². The number of pyridine rings is 1. The maximum absolute atomic E-state index is 12.4. The van der Waals surface area contributed by atoms with Crippen molar-refractivity contribution in [1.29, 1.82) is 0 Å². The number of nitrogens with zero attached hydrogens (tertiary/aromatic N) is 3. The van der Waals surface area contributed by atoms with Crippen molar-refractivity contribution in [2.75, 3.05) is 36.8 Å². The number of carbonyl (C=O) groups is 1. The summed E-state index contributed by atoms with van der Waals surface area (Å²) in [5, 5.41) is 0. The van der Waals surface area contributed by atoms with Gasteiger partial charge in [-0.1, -0.05) is 17.7 Å². The van der Waals surface area contributed by atoms with E-state index < -0.39 is 9.84 Å². The number of hydrogen-bond donors (Lipinski definition) is 0. The normalized spacial score (nSPS) is 15.1. The molecular formula is C19H23N3O3S. The molecule has 0 radical (unpaired) electrons. The highest BCUT2D eigenvalue weighted by Crippen LogP contribution is 2.17. The van der Waals surface area contributed by atoms with Crippen LogP contribution in [0, 0.1) is 6.92 Å². The lowest BCUT2D eigenvalue weighted by molar-refractivity contribution is -0.131. The van der Waals surface area contributed by atoms with E-state index in [1.807, 2.05) is 19.1 Å². The lowest BCUT2D eigenvalue weighted by Crippen LogP contribution is -2.49. The Morgan fingerprint density at radius 1 is 1.00 bits per heavy atom. The second kappa shape index (κ2) is 7.86. The fourth-order valence-electron chi connectivity index (χ4n) is 3.01. The number of carbonyl (C=O) groups excluding carboxylic acids is 1. The van der Waals surface area contributed by atoms with Gasteiger partial charge in [-0.2, -0.15) is 0 Å². The minimum Gasteiger partial charge on any atom is -0.368 e. The van der Waals surface area contributed by atoms with Crippen LogP contribution in [0.3, 0.4) is 0 Å². The van der Waals surface area contributed by atoms with Crippen LogP contribution in [0.1, 0.15) is 12.0 Å². The predicted molar refractivity (Wildman–Crippen MR) is 101 cm³/mol. The van der Waals surface area contributed by atoms with Gasteiger partial charge in [0.1, 0.15) is 0 Å². The Bertz CT molecular complexity index is 843. The van der Waals surface area contributed by atoms with Gasteiger partial charge in [0.05, 0.1) is 10.6 Å². The van der Waals surface area contributed by atoms with Crippen molar-refractivity contribution < 1.29 is 13.2 Å². The molecule has 1 fully saturated rings. The summed E-state index contributed by atoms with van der Waals surface area (Å²) in [7, 11) is -3.43. The Kier molecular flexibility index (Phi) is 5.56. The standard InChI is InChI=1S/C19H23N3O3S/c1-16-2-4-18(5-3-16)26(24,25)15-8-19(23)22-13-11-21(12-14-22)17-6-9-20-10-7-17/h2-7,9-10H,8,11-15H2,1H3. The van der Waals surface area contributed by atoms with E-state index in [-0.39, 0.29) is 23.0 Å². The molecule has 1 saturated heterocycles. The molecule has 0 spiro atoms. The van der Waals surface area contributed by atoms with Crippen molar-refractivity contribution >= 4 is 21.4 Å². The van der Waals surface area contributed by atoms with E-state index in [9.17, 15) is 13.2 Å². The second-order valence-corrected chi connectivity index (χ2v) is 8.56. The number of hydrogen-bond acceptors (Lipinski definition) is 5. The molecule has 6 nitrogen and oxygen atoms in total. The second-order valence-electron chi connectivity index (χ2n) is 6.46. The molecule has 2 aromatic rings. The summed E-state index contributed by atoms with van der Waals surface area (Å²) in [4.78, 5) is 20.7. The molecule has 0 atom stereocenters. The first-order valence-corrected chi connectivity index (χ1v) is 10.3. The number of amides is 1. The quantitative estimate of drug-likeness (QED) is 0.801. The molecule has 1 amide bonds. The van der Waals surface area contributed by atoms with E-state index >= 15 is 0 Å². The van der Waals surface area contributed by atoms with Crippen molar-refractivity contribution in [3.05, 3.63) is 54.4 Å². The molecule has 26 heavy (non-hydrogen) atoms. The van der Waals surface area contributed by atoms with E-state index in [4.69, 9.17) is 0 Å². The highest BCUT2D eigenvalue weighted by atomic mass is 32.2. The maximum Gasteiger partial charge on any atom is 0.223 e. The number of benzene rings is 1. The molecule has 1 aromatic heterocycles. The van der Waals surface area contributed by atoms with Gasteiger partial charge in [0.25, 0.3) is 0 Å². The Hall–Kier alpha value is -2.41. The van der Waals surface area contributed by atoms with Crippen molar-refractivity contribution in [2.45, 2.75) is 18.2 Å². The lowest BCUT2D eigenvalue weighted by Gasteiger charge is -2.36. The molecule has 1 aromatic carbocycles. The molecule has 0 bridgehead atoms. The lowest BCUT2D eigenvalue weighted by atomic mass is 10.2. The summed E-state index contributed by atoms with van der Waals surface area (Å²) in [6.07, 6.45) is 3.52. The molecule has 2 heterocycles. The van der Waals surface area contributed by atoms with Gasteiger partial charge in [-0.15, -0.1) is 0 Å². The van der Waals surface area contributed by atoms with Crippen molar-refractivity contribution in [2.24, 2.45) is 0 Å².